The van der Waals surface area contributed by atoms with E-state index in [2.05, 4.69) is 4.98 Å². The molecule has 0 atom stereocenters. The summed E-state index contributed by atoms with van der Waals surface area (Å²) in [5.41, 5.74) is -1.44. The monoisotopic (exact) mass is 223 g/mol. The first kappa shape index (κ1) is 11.0. The Hall–Kier alpha value is -1.10. The van der Waals surface area contributed by atoms with Gasteiger partial charge in [0.25, 0.3) is 6.43 Å². The molecule has 1 aromatic rings. The van der Waals surface area contributed by atoms with Gasteiger partial charge < -0.3 is 0 Å². The van der Waals surface area contributed by atoms with Crippen molar-refractivity contribution < 1.29 is 18.0 Å². The van der Waals surface area contributed by atoms with Gasteiger partial charge in [-0.3, -0.25) is 4.79 Å². The van der Waals surface area contributed by atoms with Crippen LogP contribution in [0.25, 0.3) is 0 Å². The Morgan fingerprint density at radius 1 is 1.57 bits per heavy atom. The third kappa shape index (κ3) is 2.04. The highest BCUT2D eigenvalue weighted by molar-refractivity contribution is 6.17. The molecule has 0 radical (unpaired) electrons. The molecule has 0 saturated carbocycles. The summed E-state index contributed by atoms with van der Waals surface area (Å²) in [6.45, 7) is 0. The smallest absolute Gasteiger partial charge is 0.283 e. The van der Waals surface area contributed by atoms with E-state index < -0.39 is 17.9 Å². The van der Waals surface area contributed by atoms with Crippen LogP contribution >= 0.6 is 11.6 Å². The molecule has 14 heavy (non-hydrogen) atoms. The van der Waals surface area contributed by atoms with E-state index in [1.807, 2.05) is 0 Å². The molecule has 0 saturated heterocycles. The number of aldehydes is 1. The molecular formula is C8H5ClF3NO. The Morgan fingerprint density at radius 3 is 2.64 bits per heavy atom. The number of rotatable bonds is 3. The zero-order valence-electron chi connectivity index (χ0n) is 6.81. The summed E-state index contributed by atoms with van der Waals surface area (Å²) in [5, 5.41) is 0. The van der Waals surface area contributed by atoms with Gasteiger partial charge >= 0.3 is 0 Å². The van der Waals surface area contributed by atoms with Crippen molar-refractivity contribution in [2.75, 3.05) is 0 Å². The van der Waals surface area contributed by atoms with E-state index >= 15 is 0 Å². The van der Waals surface area contributed by atoms with E-state index in [-0.39, 0.29) is 23.4 Å². The number of hydrogen-bond donors (Lipinski definition) is 0. The molecular weight excluding hydrogens is 219 g/mol. The normalized spacial score (nSPS) is 10.6. The van der Waals surface area contributed by atoms with Crippen LogP contribution in [-0.4, -0.2) is 11.3 Å². The molecule has 0 N–H and O–H groups in total. The Kier molecular flexibility index (Phi) is 3.46. The van der Waals surface area contributed by atoms with Gasteiger partial charge in [-0.05, 0) is 6.07 Å². The van der Waals surface area contributed by atoms with Crippen LogP contribution in [0.2, 0.25) is 0 Å². The molecule has 76 valence electrons. The average Bonchev–Trinajstić information content (AvgIpc) is 2.17. The van der Waals surface area contributed by atoms with Gasteiger partial charge in [0.2, 0.25) is 0 Å². The van der Waals surface area contributed by atoms with E-state index in [1.54, 1.807) is 0 Å². The first-order chi connectivity index (χ1) is 6.60. The van der Waals surface area contributed by atoms with Crippen molar-refractivity contribution in [1.29, 1.82) is 0 Å². The summed E-state index contributed by atoms with van der Waals surface area (Å²) in [4.78, 5) is 13.4. The summed E-state index contributed by atoms with van der Waals surface area (Å²) in [5.74, 6) is -1.44. The SMILES string of the molecule is O=Cc1cc(CCl)c(F)c(C(F)F)n1. The second-order valence-electron chi connectivity index (χ2n) is 2.46. The number of nitrogens with zero attached hydrogens (tertiary/aromatic N) is 1. The number of pyridine rings is 1. The minimum absolute atomic E-state index is 0.154. The van der Waals surface area contributed by atoms with Gasteiger partial charge in [0, 0.05) is 5.56 Å². The molecule has 0 aliphatic carbocycles. The van der Waals surface area contributed by atoms with Gasteiger partial charge in [0.1, 0.15) is 11.4 Å². The molecule has 1 heterocycles. The van der Waals surface area contributed by atoms with E-state index in [1.165, 1.54) is 0 Å². The maximum atomic E-state index is 13.1. The summed E-state index contributed by atoms with van der Waals surface area (Å²) in [6, 6.07) is 1.04. The van der Waals surface area contributed by atoms with Crippen molar-refractivity contribution in [1.82, 2.24) is 4.98 Å². The molecule has 0 amide bonds. The Bertz CT molecular complexity index is 357. The molecule has 0 unspecified atom stereocenters. The minimum Gasteiger partial charge on any atom is -0.296 e. The number of hydrogen-bond acceptors (Lipinski definition) is 2. The Balaban J connectivity index is 3.34. The second kappa shape index (κ2) is 4.41. The first-order valence-corrected chi connectivity index (χ1v) is 4.12. The second-order valence-corrected chi connectivity index (χ2v) is 2.72. The molecule has 2 nitrogen and oxygen atoms in total. The van der Waals surface area contributed by atoms with Gasteiger partial charge in [0.15, 0.2) is 12.1 Å². The van der Waals surface area contributed by atoms with Crippen molar-refractivity contribution in [2.24, 2.45) is 0 Å². The lowest BCUT2D eigenvalue weighted by Crippen LogP contribution is -2.03. The van der Waals surface area contributed by atoms with Gasteiger partial charge in [-0.1, -0.05) is 0 Å². The highest BCUT2D eigenvalue weighted by Gasteiger charge is 2.19. The van der Waals surface area contributed by atoms with E-state index in [9.17, 15) is 18.0 Å². The molecule has 1 rings (SSSR count). The zero-order valence-corrected chi connectivity index (χ0v) is 7.56. The van der Waals surface area contributed by atoms with Crippen LogP contribution in [0, 0.1) is 5.82 Å². The largest absolute Gasteiger partial charge is 0.296 e. The fourth-order valence-corrected chi connectivity index (χ4v) is 1.12. The van der Waals surface area contributed by atoms with Crippen LogP contribution in [0.5, 0.6) is 0 Å². The highest BCUT2D eigenvalue weighted by atomic mass is 35.5. The first-order valence-electron chi connectivity index (χ1n) is 3.58. The zero-order chi connectivity index (χ0) is 10.7. The van der Waals surface area contributed by atoms with E-state index in [0.29, 0.717) is 0 Å². The Labute approximate surface area is 82.7 Å². The molecule has 0 bridgehead atoms. The molecule has 0 aliphatic heterocycles. The third-order valence-corrected chi connectivity index (χ3v) is 1.84. The van der Waals surface area contributed by atoms with Gasteiger partial charge in [-0.25, -0.2) is 18.2 Å². The minimum atomic E-state index is -3.06. The number of aromatic nitrogens is 1. The predicted molar refractivity (Wildman–Crippen MR) is 44.1 cm³/mol. The topological polar surface area (TPSA) is 30.0 Å². The number of alkyl halides is 3. The fraction of sp³-hybridized carbons (Fsp3) is 0.250. The van der Waals surface area contributed by atoms with Gasteiger partial charge in [-0.2, -0.15) is 0 Å². The van der Waals surface area contributed by atoms with Crippen LogP contribution in [0.3, 0.4) is 0 Å². The molecule has 6 heteroatoms. The van der Waals surface area contributed by atoms with Crippen LogP contribution in [0.1, 0.15) is 28.2 Å². The number of carbonyl (C=O) groups is 1. The summed E-state index contributed by atoms with van der Waals surface area (Å²) in [6.07, 6.45) is -2.79. The van der Waals surface area contributed by atoms with Crippen molar-refractivity contribution in [3.63, 3.8) is 0 Å². The lowest BCUT2D eigenvalue weighted by Gasteiger charge is -2.05. The lowest BCUT2D eigenvalue weighted by molar-refractivity contribution is 0.111. The summed E-state index contributed by atoms with van der Waals surface area (Å²) < 4.78 is 37.5. The van der Waals surface area contributed by atoms with Crippen molar-refractivity contribution in [3.8, 4) is 0 Å². The number of carbonyl (C=O) groups excluding carboxylic acids is 1. The van der Waals surface area contributed by atoms with Crippen molar-refractivity contribution in [3.05, 3.63) is 28.8 Å². The third-order valence-electron chi connectivity index (χ3n) is 1.55. The highest BCUT2D eigenvalue weighted by Crippen LogP contribution is 2.23. The number of halogens is 4. The molecule has 0 spiro atoms. The Morgan fingerprint density at radius 2 is 2.21 bits per heavy atom. The van der Waals surface area contributed by atoms with Crippen LogP contribution in [0.4, 0.5) is 13.2 Å². The molecule has 1 aromatic heterocycles. The van der Waals surface area contributed by atoms with Crippen LogP contribution in [-0.2, 0) is 5.88 Å². The van der Waals surface area contributed by atoms with Crippen LogP contribution < -0.4 is 0 Å². The van der Waals surface area contributed by atoms with Crippen molar-refractivity contribution >= 4 is 17.9 Å². The molecule has 0 aromatic carbocycles. The maximum Gasteiger partial charge on any atom is 0.283 e. The molecule has 0 aliphatic rings. The van der Waals surface area contributed by atoms with E-state index in [4.69, 9.17) is 11.6 Å². The quantitative estimate of drug-likeness (QED) is 0.583. The van der Waals surface area contributed by atoms with Gasteiger partial charge in [-0.15, -0.1) is 11.6 Å². The van der Waals surface area contributed by atoms with Crippen molar-refractivity contribution in [2.45, 2.75) is 12.3 Å². The van der Waals surface area contributed by atoms with Gasteiger partial charge in [0.05, 0.1) is 5.88 Å². The average molecular weight is 224 g/mol. The predicted octanol–water partition coefficient (Wildman–Crippen LogP) is 2.71. The summed E-state index contributed by atoms with van der Waals surface area (Å²) in [7, 11) is 0. The lowest BCUT2D eigenvalue weighted by atomic mass is 10.2. The standard InChI is InChI=1S/C8H5ClF3NO/c9-2-4-1-5(3-14)13-7(6(4)10)8(11)12/h1,3,8H,2H2. The fourth-order valence-electron chi connectivity index (χ4n) is 0.929. The van der Waals surface area contributed by atoms with E-state index in [0.717, 1.165) is 6.07 Å². The maximum absolute atomic E-state index is 13.1. The summed E-state index contributed by atoms with van der Waals surface area (Å²) >= 11 is 5.31. The van der Waals surface area contributed by atoms with Crippen LogP contribution in [0.15, 0.2) is 6.07 Å². The molecule has 0 fully saturated rings.